The van der Waals surface area contributed by atoms with Gasteiger partial charge in [0.05, 0.1) is 19.8 Å². The summed E-state index contributed by atoms with van der Waals surface area (Å²) in [5.74, 6) is 0.213. The molecule has 0 saturated heterocycles. The third-order valence-corrected chi connectivity index (χ3v) is 3.73. The molecule has 0 fully saturated rings. The number of carbonyl (C=O) groups excluding carboxylic acids is 1. The van der Waals surface area contributed by atoms with Crippen LogP contribution >= 0.6 is 0 Å². The second kappa shape index (κ2) is 7.59. The molecule has 0 aliphatic rings. The van der Waals surface area contributed by atoms with Crippen molar-refractivity contribution in [3.63, 3.8) is 0 Å². The lowest BCUT2D eigenvalue weighted by Crippen LogP contribution is -2.14. The summed E-state index contributed by atoms with van der Waals surface area (Å²) < 4.78 is 54.0. The van der Waals surface area contributed by atoms with Gasteiger partial charge in [-0.2, -0.15) is 13.2 Å². The molecule has 2 aromatic carbocycles. The van der Waals surface area contributed by atoms with E-state index in [1.165, 1.54) is 20.3 Å². The third kappa shape index (κ3) is 4.05. The molecule has 0 saturated carbocycles. The predicted octanol–water partition coefficient (Wildman–Crippen LogP) is 4.02. The number of hydrogen-bond acceptors (Lipinski definition) is 6. The van der Waals surface area contributed by atoms with Crippen molar-refractivity contribution in [1.82, 2.24) is 10.2 Å². The Bertz CT molecular complexity index is 1000. The molecule has 0 spiro atoms. The van der Waals surface area contributed by atoms with Gasteiger partial charge in [-0.3, -0.25) is 10.1 Å². The number of amides is 1. The van der Waals surface area contributed by atoms with Gasteiger partial charge in [0.1, 0.15) is 0 Å². The Morgan fingerprint density at radius 2 is 1.79 bits per heavy atom. The van der Waals surface area contributed by atoms with Crippen LogP contribution in [0.2, 0.25) is 0 Å². The Labute approximate surface area is 157 Å². The molecule has 3 rings (SSSR count). The van der Waals surface area contributed by atoms with Crippen LogP contribution in [-0.4, -0.2) is 30.3 Å². The third-order valence-electron chi connectivity index (χ3n) is 3.73. The van der Waals surface area contributed by atoms with E-state index in [1.54, 1.807) is 18.2 Å². The van der Waals surface area contributed by atoms with Crippen LogP contribution in [0.1, 0.15) is 15.9 Å². The van der Waals surface area contributed by atoms with Gasteiger partial charge in [0.25, 0.3) is 5.91 Å². The van der Waals surface area contributed by atoms with Crippen LogP contribution in [0.4, 0.5) is 19.2 Å². The molecule has 28 heavy (non-hydrogen) atoms. The summed E-state index contributed by atoms with van der Waals surface area (Å²) >= 11 is 0. The molecule has 0 radical (unpaired) electrons. The van der Waals surface area contributed by atoms with E-state index in [9.17, 15) is 18.0 Å². The molecule has 3 aromatic rings. The number of methoxy groups -OCH3 is 2. The molecule has 1 N–H and O–H groups in total. The molecule has 0 atom stereocenters. The molecule has 7 nitrogen and oxygen atoms in total. The van der Waals surface area contributed by atoms with Gasteiger partial charge in [0.15, 0.2) is 11.5 Å². The number of anilines is 1. The van der Waals surface area contributed by atoms with Crippen molar-refractivity contribution in [2.24, 2.45) is 0 Å². The first kappa shape index (κ1) is 19.2. The van der Waals surface area contributed by atoms with Crippen molar-refractivity contribution in [2.45, 2.75) is 6.18 Å². The molecule has 1 heterocycles. The SMILES string of the molecule is COc1ccc(-c2nnc(NC(=O)c3cccc(C(F)(F)F)c3)o2)cc1OC. The quantitative estimate of drug-likeness (QED) is 0.705. The number of carbonyl (C=O) groups is 1. The van der Waals surface area contributed by atoms with E-state index >= 15 is 0 Å². The molecule has 10 heteroatoms. The summed E-state index contributed by atoms with van der Waals surface area (Å²) in [5.41, 5.74) is -0.623. The van der Waals surface area contributed by atoms with Crippen LogP contribution < -0.4 is 14.8 Å². The monoisotopic (exact) mass is 393 g/mol. The van der Waals surface area contributed by atoms with Crippen LogP contribution in [0.25, 0.3) is 11.5 Å². The molecule has 0 aliphatic carbocycles. The van der Waals surface area contributed by atoms with Crippen molar-refractivity contribution >= 4 is 11.9 Å². The van der Waals surface area contributed by atoms with Gasteiger partial charge in [0, 0.05) is 11.1 Å². The normalized spacial score (nSPS) is 11.2. The van der Waals surface area contributed by atoms with E-state index in [-0.39, 0.29) is 17.5 Å². The first-order valence-electron chi connectivity index (χ1n) is 7.86. The summed E-state index contributed by atoms with van der Waals surface area (Å²) in [6.45, 7) is 0. The highest BCUT2D eigenvalue weighted by atomic mass is 19.4. The Kier molecular flexibility index (Phi) is 5.21. The van der Waals surface area contributed by atoms with Crippen molar-refractivity contribution in [1.29, 1.82) is 0 Å². The number of benzene rings is 2. The fourth-order valence-corrected chi connectivity index (χ4v) is 2.37. The highest BCUT2D eigenvalue weighted by molar-refractivity contribution is 6.03. The van der Waals surface area contributed by atoms with E-state index in [4.69, 9.17) is 13.9 Å². The maximum absolute atomic E-state index is 12.8. The highest BCUT2D eigenvalue weighted by Gasteiger charge is 2.31. The van der Waals surface area contributed by atoms with Crippen LogP contribution in [0.3, 0.4) is 0 Å². The number of alkyl halides is 3. The number of rotatable bonds is 5. The zero-order valence-electron chi connectivity index (χ0n) is 14.7. The molecule has 146 valence electrons. The van der Waals surface area contributed by atoms with E-state index < -0.39 is 17.6 Å². The fourth-order valence-electron chi connectivity index (χ4n) is 2.37. The lowest BCUT2D eigenvalue weighted by molar-refractivity contribution is -0.137. The Balaban J connectivity index is 1.79. The number of nitrogens with zero attached hydrogens (tertiary/aromatic N) is 2. The first-order valence-corrected chi connectivity index (χ1v) is 7.86. The van der Waals surface area contributed by atoms with Gasteiger partial charge in [-0.1, -0.05) is 11.2 Å². The Morgan fingerprint density at radius 3 is 2.46 bits per heavy atom. The van der Waals surface area contributed by atoms with Crippen molar-refractivity contribution < 1.29 is 31.9 Å². The van der Waals surface area contributed by atoms with Gasteiger partial charge in [-0.25, -0.2) is 0 Å². The molecule has 1 amide bonds. The smallest absolute Gasteiger partial charge is 0.416 e. The van der Waals surface area contributed by atoms with E-state index in [0.717, 1.165) is 18.2 Å². The average Bonchev–Trinajstić information content (AvgIpc) is 3.15. The van der Waals surface area contributed by atoms with Crippen molar-refractivity contribution in [3.8, 4) is 23.0 Å². The minimum absolute atomic E-state index is 0.0836. The first-order chi connectivity index (χ1) is 13.3. The van der Waals surface area contributed by atoms with Gasteiger partial charge in [-0.05, 0) is 36.4 Å². The molecular formula is C18H14F3N3O4. The summed E-state index contributed by atoms with van der Waals surface area (Å²) in [7, 11) is 2.96. The Hall–Kier alpha value is -3.56. The predicted molar refractivity (Wildman–Crippen MR) is 92.2 cm³/mol. The largest absolute Gasteiger partial charge is 0.493 e. The number of hydrogen-bond donors (Lipinski definition) is 1. The van der Waals surface area contributed by atoms with E-state index in [2.05, 4.69) is 15.5 Å². The zero-order chi connectivity index (χ0) is 20.3. The van der Waals surface area contributed by atoms with Crippen LogP contribution in [0.5, 0.6) is 11.5 Å². The Morgan fingerprint density at radius 1 is 1.04 bits per heavy atom. The number of halogens is 3. The number of ether oxygens (including phenoxy) is 2. The molecule has 1 aromatic heterocycles. The van der Waals surface area contributed by atoms with E-state index in [0.29, 0.717) is 17.1 Å². The summed E-state index contributed by atoms with van der Waals surface area (Å²) in [5, 5.41) is 9.77. The lowest BCUT2D eigenvalue weighted by Gasteiger charge is -2.08. The lowest BCUT2D eigenvalue weighted by atomic mass is 10.1. The van der Waals surface area contributed by atoms with Crippen molar-refractivity contribution in [3.05, 3.63) is 53.6 Å². The van der Waals surface area contributed by atoms with Crippen molar-refractivity contribution in [2.75, 3.05) is 19.5 Å². The average molecular weight is 393 g/mol. The topological polar surface area (TPSA) is 86.5 Å². The molecule has 0 unspecified atom stereocenters. The number of aromatic nitrogens is 2. The van der Waals surface area contributed by atoms with Crippen LogP contribution in [0, 0.1) is 0 Å². The second-order valence-electron chi connectivity index (χ2n) is 5.51. The maximum Gasteiger partial charge on any atom is 0.416 e. The molecular weight excluding hydrogens is 379 g/mol. The summed E-state index contributed by atoms with van der Waals surface area (Å²) in [4.78, 5) is 12.2. The van der Waals surface area contributed by atoms with Gasteiger partial charge < -0.3 is 13.9 Å². The fraction of sp³-hybridized carbons (Fsp3) is 0.167. The van der Waals surface area contributed by atoms with Crippen LogP contribution in [-0.2, 0) is 6.18 Å². The van der Waals surface area contributed by atoms with E-state index in [1.807, 2.05) is 0 Å². The van der Waals surface area contributed by atoms with Crippen LogP contribution in [0.15, 0.2) is 46.9 Å². The highest BCUT2D eigenvalue weighted by Crippen LogP contribution is 2.32. The molecule has 0 aliphatic heterocycles. The zero-order valence-corrected chi connectivity index (χ0v) is 14.7. The summed E-state index contributed by atoms with van der Waals surface area (Å²) in [6.07, 6.45) is -4.55. The minimum atomic E-state index is -4.55. The second-order valence-corrected chi connectivity index (χ2v) is 5.51. The van der Waals surface area contributed by atoms with Gasteiger partial charge in [-0.15, -0.1) is 5.10 Å². The van der Waals surface area contributed by atoms with Gasteiger partial charge >= 0.3 is 12.2 Å². The standard InChI is InChI=1S/C18H14F3N3O4/c1-26-13-7-6-11(9-14(13)27-2)16-23-24-17(28-16)22-15(25)10-4-3-5-12(8-10)18(19,20)21/h3-9H,1-2H3,(H,22,24,25). The molecule has 0 bridgehead atoms. The number of nitrogens with one attached hydrogen (secondary N) is 1. The summed E-state index contributed by atoms with van der Waals surface area (Å²) in [6, 6.07) is 8.63. The van der Waals surface area contributed by atoms with Gasteiger partial charge in [0.2, 0.25) is 5.89 Å². The minimum Gasteiger partial charge on any atom is -0.493 e. The maximum atomic E-state index is 12.8.